The van der Waals surface area contributed by atoms with Gasteiger partial charge in [0.15, 0.2) is 11.8 Å². The Balaban J connectivity index is 2.05. The summed E-state index contributed by atoms with van der Waals surface area (Å²) >= 11 is 0. The molecule has 2 aromatic rings. The van der Waals surface area contributed by atoms with Crippen molar-refractivity contribution in [3.05, 3.63) is 59.7 Å². The molecule has 1 aromatic heterocycles. The van der Waals surface area contributed by atoms with E-state index in [2.05, 4.69) is 85.0 Å². The van der Waals surface area contributed by atoms with Gasteiger partial charge in [-0.3, -0.25) is 0 Å². The second-order valence-corrected chi connectivity index (χ2v) is 5.22. The summed E-state index contributed by atoms with van der Waals surface area (Å²) < 4.78 is 2.22. The SMILES string of the molecule is Cc1ccc(B2C=Cc3ccccc3N2C)[n+](C)c1. The summed E-state index contributed by atoms with van der Waals surface area (Å²) in [4.78, 5) is 2.33. The van der Waals surface area contributed by atoms with E-state index in [9.17, 15) is 0 Å². The van der Waals surface area contributed by atoms with Crippen LogP contribution < -0.4 is 15.0 Å². The van der Waals surface area contributed by atoms with Crippen LogP contribution in [0.25, 0.3) is 6.08 Å². The fraction of sp³-hybridized carbons (Fsp3) is 0.188. The Hall–Kier alpha value is -2.03. The van der Waals surface area contributed by atoms with Crippen LogP contribution in [0.1, 0.15) is 11.1 Å². The quantitative estimate of drug-likeness (QED) is 0.551. The van der Waals surface area contributed by atoms with Gasteiger partial charge >= 0.3 is 6.85 Å². The number of nitrogens with zero attached hydrogens (tertiary/aromatic N) is 2. The van der Waals surface area contributed by atoms with Crippen LogP contribution in [0.5, 0.6) is 0 Å². The molecule has 0 bridgehead atoms. The van der Waals surface area contributed by atoms with Crippen LogP contribution in [0.3, 0.4) is 0 Å². The third-order valence-electron chi connectivity index (χ3n) is 3.82. The topological polar surface area (TPSA) is 7.12 Å². The van der Waals surface area contributed by atoms with Gasteiger partial charge in [0.05, 0.1) is 0 Å². The lowest BCUT2D eigenvalue weighted by Crippen LogP contribution is -2.60. The Morgan fingerprint density at radius 2 is 1.89 bits per heavy atom. The van der Waals surface area contributed by atoms with Crippen LogP contribution in [-0.4, -0.2) is 13.9 Å². The molecule has 0 saturated heterocycles. The third-order valence-corrected chi connectivity index (χ3v) is 3.82. The summed E-state index contributed by atoms with van der Waals surface area (Å²) in [5.74, 6) is 2.27. The molecule has 3 rings (SSSR count). The molecule has 19 heavy (non-hydrogen) atoms. The Labute approximate surface area is 115 Å². The standard InChI is InChI=1S/C16H18BN2/c1-13-8-9-16(18(2)12-13)17-11-10-14-6-4-5-7-15(14)19(17)3/h4-12H,1-3H3/q+1. The molecule has 0 aliphatic carbocycles. The lowest BCUT2D eigenvalue weighted by Gasteiger charge is -2.28. The number of aromatic nitrogens is 1. The van der Waals surface area contributed by atoms with Gasteiger partial charge in [-0.25, -0.2) is 4.57 Å². The molecule has 1 aliphatic rings. The van der Waals surface area contributed by atoms with Crippen molar-refractivity contribution in [2.75, 3.05) is 11.9 Å². The lowest BCUT2D eigenvalue weighted by atomic mass is 9.55. The largest absolute Gasteiger partial charge is 0.405 e. The fourth-order valence-electron chi connectivity index (χ4n) is 2.79. The molecule has 3 heteroatoms. The van der Waals surface area contributed by atoms with Crippen LogP contribution in [0, 0.1) is 6.92 Å². The number of aryl methyl sites for hydroxylation is 2. The minimum atomic E-state index is 0.292. The third kappa shape index (κ3) is 2.05. The highest BCUT2D eigenvalue weighted by molar-refractivity contribution is 6.80. The molecule has 0 atom stereocenters. The van der Waals surface area contributed by atoms with Crippen LogP contribution in [0.15, 0.2) is 48.6 Å². The molecule has 94 valence electrons. The lowest BCUT2D eigenvalue weighted by molar-refractivity contribution is -0.654. The Bertz CT molecular complexity index is 649. The second-order valence-electron chi connectivity index (χ2n) is 5.22. The number of hydrogen-bond donors (Lipinski definition) is 0. The van der Waals surface area contributed by atoms with E-state index in [1.807, 2.05) is 0 Å². The van der Waals surface area contributed by atoms with Crippen LogP contribution in [0.2, 0.25) is 0 Å². The van der Waals surface area contributed by atoms with Gasteiger partial charge in [-0.05, 0) is 37.7 Å². The second kappa shape index (κ2) is 4.58. The summed E-state index contributed by atoms with van der Waals surface area (Å²) in [6.45, 7) is 2.42. The maximum atomic E-state index is 2.33. The van der Waals surface area contributed by atoms with Crippen LogP contribution in [0.4, 0.5) is 5.69 Å². The zero-order chi connectivity index (χ0) is 13.4. The molecule has 0 saturated carbocycles. The highest BCUT2D eigenvalue weighted by atomic mass is 15.1. The number of pyridine rings is 1. The van der Waals surface area contributed by atoms with Gasteiger partial charge in [-0.1, -0.05) is 30.3 Å². The average molecular weight is 249 g/mol. The molecule has 2 nitrogen and oxygen atoms in total. The number of para-hydroxylation sites is 1. The minimum absolute atomic E-state index is 0.292. The van der Waals surface area contributed by atoms with Gasteiger partial charge in [0, 0.05) is 11.3 Å². The van der Waals surface area contributed by atoms with Gasteiger partial charge in [-0.2, -0.15) is 0 Å². The van der Waals surface area contributed by atoms with Crippen LogP contribution >= 0.6 is 0 Å². The Kier molecular flexibility index (Phi) is 2.90. The zero-order valence-electron chi connectivity index (χ0n) is 11.7. The average Bonchev–Trinajstić information content (AvgIpc) is 2.41. The molecule has 0 fully saturated rings. The molecule has 0 N–H and O–H groups in total. The molecule has 0 spiro atoms. The van der Waals surface area contributed by atoms with Crippen molar-refractivity contribution < 1.29 is 4.57 Å². The van der Waals surface area contributed by atoms with Gasteiger partial charge in [-0.15, -0.1) is 0 Å². The number of rotatable bonds is 1. The molecular weight excluding hydrogens is 231 g/mol. The van der Waals surface area contributed by atoms with E-state index < -0.39 is 0 Å². The van der Waals surface area contributed by atoms with E-state index in [1.165, 1.54) is 22.4 Å². The highest BCUT2D eigenvalue weighted by Gasteiger charge is 2.31. The smallest absolute Gasteiger partial charge is 0.396 e. The molecular formula is C16H18BN2+. The Morgan fingerprint density at radius 3 is 2.68 bits per heavy atom. The number of benzene rings is 1. The first-order chi connectivity index (χ1) is 9.16. The number of fused-ring (bicyclic) bond motifs is 1. The molecule has 1 aliphatic heterocycles. The van der Waals surface area contributed by atoms with E-state index in [-0.39, 0.29) is 0 Å². The molecule has 2 heterocycles. The highest BCUT2D eigenvalue weighted by Crippen LogP contribution is 2.25. The maximum absolute atomic E-state index is 2.33. The van der Waals surface area contributed by atoms with Gasteiger partial charge in [0.25, 0.3) is 0 Å². The van der Waals surface area contributed by atoms with Crippen LogP contribution in [-0.2, 0) is 7.05 Å². The van der Waals surface area contributed by atoms with Crippen molar-refractivity contribution in [2.45, 2.75) is 6.92 Å². The summed E-state index contributed by atoms with van der Waals surface area (Å²) in [5, 5.41) is 0. The summed E-state index contributed by atoms with van der Waals surface area (Å²) in [6, 6.07) is 12.9. The normalized spacial score (nSPS) is 13.6. The van der Waals surface area contributed by atoms with E-state index in [0.29, 0.717) is 6.85 Å². The number of anilines is 1. The van der Waals surface area contributed by atoms with Crippen molar-refractivity contribution in [1.82, 2.24) is 0 Å². The van der Waals surface area contributed by atoms with E-state index in [4.69, 9.17) is 0 Å². The molecule has 0 radical (unpaired) electrons. The molecule has 0 amide bonds. The zero-order valence-corrected chi connectivity index (χ0v) is 11.7. The van der Waals surface area contributed by atoms with Crippen molar-refractivity contribution in [3.63, 3.8) is 0 Å². The first-order valence-corrected chi connectivity index (χ1v) is 6.63. The summed E-state index contributed by atoms with van der Waals surface area (Å²) in [5.41, 5.74) is 5.17. The summed E-state index contributed by atoms with van der Waals surface area (Å²) in [7, 11) is 4.28. The Morgan fingerprint density at radius 1 is 1.11 bits per heavy atom. The first-order valence-electron chi connectivity index (χ1n) is 6.63. The van der Waals surface area contributed by atoms with Crippen molar-refractivity contribution in [2.24, 2.45) is 7.05 Å². The van der Waals surface area contributed by atoms with Gasteiger partial charge in [0.2, 0.25) is 0 Å². The van der Waals surface area contributed by atoms with Crippen molar-refractivity contribution in [1.29, 1.82) is 0 Å². The fourth-order valence-corrected chi connectivity index (χ4v) is 2.79. The molecule has 0 unspecified atom stereocenters. The number of hydrogen-bond acceptors (Lipinski definition) is 1. The first kappa shape index (κ1) is 12.0. The van der Waals surface area contributed by atoms with E-state index in [0.717, 1.165) is 0 Å². The van der Waals surface area contributed by atoms with Gasteiger partial charge < -0.3 is 4.81 Å². The van der Waals surface area contributed by atoms with E-state index in [1.54, 1.807) is 0 Å². The monoisotopic (exact) mass is 249 g/mol. The maximum Gasteiger partial charge on any atom is 0.396 e. The molecule has 1 aromatic carbocycles. The van der Waals surface area contributed by atoms with E-state index >= 15 is 0 Å². The predicted octanol–water partition coefficient (Wildman–Crippen LogP) is 1.72. The van der Waals surface area contributed by atoms with Crippen molar-refractivity contribution in [3.8, 4) is 0 Å². The summed E-state index contributed by atoms with van der Waals surface area (Å²) in [6.07, 6.45) is 4.40. The predicted molar refractivity (Wildman–Crippen MR) is 81.6 cm³/mol. The van der Waals surface area contributed by atoms with Gasteiger partial charge in [0.1, 0.15) is 7.05 Å². The minimum Gasteiger partial charge on any atom is -0.405 e. The van der Waals surface area contributed by atoms with Crippen molar-refractivity contribution >= 4 is 24.2 Å².